The van der Waals surface area contributed by atoms with Gasteiger partial charge in [-0.3, -0.25) is 0 Å². The molecule has 1 saturated heterocycles. The third kappa shape index (κ3) is 3.62. The van der Waals surface area contributed by atoms with Gasteiger partial charge in [0.2, 0.25) is 0 Å². The molecule has 1 aliphatic heterocycles. The van der Waals surface area contributed by atoms with Gasteiger partial charge in [-0.25, -0.2) is 0 Å². The molecule has 1 fully saturated rings. The Morgan fingerprint density at radius 3 is 2.43 bits per heavy atom. The lowest BCUT2D eigenvalue weighted by Gasteiger charge is -2.28. The summed E-state index contributed by atoms with van der Waals surface area (Å²) in [6.45, 7) is 7.50. The van der Waals surface area contributed by atoms with Gasteiger partial charge in [-0.1, -0.05) is 18.2 Å². The molecule has 1 aliphatic rings. The first-order valence-corrected chi connectivity index (χ1v) is 9.56. The Bertz CT molecular complexity index is 1020. The number of fused-ring (bicyclic) bond motifs is 1. The lowest BCUT2D eigenvalue weighted by atomic mass is 10.0. The standard InChI is InChI=1S/C22H23N5O/c1-15(2)24-22-19-8-5-17(13-20(19)25-26-21(22)14-23)16-3-6-18(7-4-16)27-9-11-28-12-10-27/h3-8,13,15H,9-12H2,1-2H3,(H,24,25). The van der Waals surface area contributed by atoms with Crippen LogP contribution >= 0.6 is 0 Å². The van der Waals surface area contributed by atoms with Crippen molar-refractivity contribution in [2.24, 2.45) is 0 Å². The van der Waals surface area contributed by atoms with Gasteiger partial charge in [0.15, 0.2) is 5.69 Å². The average Bonchev–Trinajstić information content (AvgIpc) is 2.74. The van der Waals surface area contributed by atoms with E-state index in [1.807, 2.05) is 26.0 Å². The van der Waals surface area contributed by atoms with Gasteiger partial charge < -0.3 is 15.0 Å². The Morgan fingerprint density at radius 2 is 1.75 bits per heavy atom. The summed E-state index contributed by atoms with van der Waals surface area (Å²) in [4.78, 5) is 2.34. The van der Waals surface area contributed by atoms with Crippen LogP contribution in [0.3, 0.4) is 0 Å². The van der Waals surface area contributed by atoms with E-state index < -0.39 is 0 Å². The van der Waals surface area contributed by atoms with E-state index in [0.717, 1.165) is 54.0 Å². The number of ether oxygens (including phenoxy) is 1. The van der Waals surface area contributed by atoms with Crippen molar-refractivity contribution < 1.29 is 4.74 Å². The van der Waals surface area contributed by atoms with Crippen molar-refractivity contribution in [3.63, 3.8) is 0 Å². The smallest absolute Gasteiger partial charge is 0.186 e. The maximum atomic E-state index is 9.35. The minimum absolute atomic E-state index is 0.201. The van der Waals surface area contributed by atoms with Crippen molar-refractivity contribution in [2.75, 3.05) is 36.5 Å². The molecule has 28 heavy (non-hydrogen) atoms. The molecule has 1 aromatic heterocycles. The number of nitrogens with one attached hydrogen (secondary N) is 1. The minimum Gasteiger partial charge on any atom is -0.380 e. The first-order valence-electron chi connectivity index (χ1n) is 9.56. The van der Waals surface area contributed by atoms with E-state index in [2.05, 4.69) is 56.8 Å². The van der Waals surface area contributed by atoms with Gasteiger partial charge in [0.05, 0.1) is 24.4 Å². The molecule has 0 saturated carbocycles. The number of rotatable bonds is 4. The molecule has 3 aromatic rings. The summed E-state index contributed by atoms with van der Waals surface area (Å²) in [5, 5.41) is 22.0. The molecule has 0 bridgehead atoms. The van der Waals surface area contributed by atoms with Crippen LogP contribution in [0.5, 0.6) is 0 Å². The lowest BCUT2D eigenvalue weighted by Crippen LogP contribution is -2.36. The van der Waals surface area contributed by atoms with E-state index in [1.165, 1.54) is 5.69 Å². The molecular formula is C22H23N5O. The zero-order valence-electron chi connectivity index (χ0n) is 16.1. The second kappa shape index (κ2) is 7.83. The molecule has 0 atom stereocenters. The summed E-state index contributed by atoms with van der Waals surface area (Å²) < 4.78 is 5.43. The molecule has 0 unspecified atom stereocenters. The summed E-state index contributed by atoms with van der Waals surface area (Å²) in [6, 6.07) is 17.0. The summed E-state index contributed by atoms with van der Waals surface area (Å²) >= 11 is 0. The predicted octanol–water partition coefficient (Wildman–Crippen LogP) is 3.83. The third-order valence-electron chi connectivity index (χ3n) is 4.88. The zero-order chi connectivity index (χ0) is 19.5. The van der Waals surface area contributed by atoms with Gasteiger partial charge in [-0.15, -0.1) is 10.2 Å². The van der Waals surface area contributed by atoms with Crippen molar-refractivity contribution in [1.29, 1.82) is 5.26 Å². The molecule has 2 aromatic carbocycles. The van der Waals surface area contributed by atoms with Crippen LogP contribution in [0.4, 0.5) is 11.4 Å². The molecule has 0 radical (unpaired) electrons. The summed E-state index contributed by atoms with van der Waals surface area (Å²) in [7, 11) is 0. The molecule has 0 spiro atoms. The first-order chi connectivity index (χ1) is 13.7. The van der Waals surface area contributed by atoms with E-state index in [4.69, 9.17) is 4.74 Å². The van der Waals surface area contributed by atoms with Gasteiger partial charge in [0.1, 0.15) is 6.07 Å². The van der Waals surface area contributed by atoms with Gasteiger partial charge in [-0.05, 0) is 49.2 Å². The monoisotopic (exact) mass is 373 g/mol. The number of anilines is 2. The number of hydrogen-bond acceptors (Lipinski definition) is 6. The summed E-state index contributed by atoms with van der Waals surface area (Å²) in [6.07, 6.45) is 0. The molecule has 142 valence electrons. The van der Waals surface area contributed by atoms with Gasteiger partial charge >= 0.3 is 0 Å². The van der Waals surface area contributed by atoms with Crippen molar-refractivity contribution >= 4 is 22.3 Å². The van der Waals surface area contributed by atoms with E-state index >= 15 is 0 Å². The maximum Gasteiger partial charge on any atom is 0.186 e. The van der Waals surface area contributed by atoms with Crippen LogP contribution in [-0.4, -0.2) is 42.5 Å². The fraction of sp³-hybridized carbons (Fsp3) is 0.318. The average molecular weight is 373 g/mol. The van der Waals surface area contributed by atoms with Crippen LogP contribution in [0, 0.1) is 11.3 Å². The largest absolute Gasteiger partial charge is 0.380 e. The number of morpholine rings is 1. The summed E-state index contributed by atoms with van der Waals surface area (Å²) in [5.41, 5.74) is 5.27. The third-order valence-corrected chi connectivity index (χ3v) is 4.88. The highest BCUT2D eigenvalue weighted by Gasteiger charge is 2.13. The fourth-order valence-corrected chi connectivity index (χ4v) is 3.49. The van der Waals surface area contributed by atoms with Gasteiger partial charge in [-0.2, -0.15) is 5.26 Å². The molecule has 6 heteroatoms. The van der Waals surface area contributed by atoms with E-state index in [1.54, 1.807) is 0 Å². The highest BCUT2D eigenvalue weighted by atomic mass is 16.5. The van der Waals surface area contributed by atoms with E-state index in [-0.39, 0.29) is 6.04 Å². The number of nitriles is 1. The Morgan fingerprint density at radius 1 is 1.04 bits per heavy atom. The zero-order valence-corrected chi connectivity index (χ0v) is 16.1. The van der Waals surface area contributed by atoms with Crippen LogP contribution in [0.15, 0.2) is 42.5 Å². The molecular weight excluding hydrogens is 350 g/mol. The number of nitrogens with zero attached hydrogens (tertiary/aromatic N) is 4. The Labute approximate surface area is 164 Å². The fourth-order valence-electron chi connectivity index (χ4n) is 3.49. The summed E-state index contributed by atoms with van der Waals surface area (Å²) in [5.74, 6) is 0. The lowest BCUT2D eigenvalue weighted by molar-refractivity contribution is 0.122. The second-order valence-electron chi connectivity index (χ2n) is 7.21. The van der Waals surface area contributed by atoms with Crippen molar-refractivity contribution in [2.45, 2.75) is 19.9 Å². The van der Waals surface area contributed by atoms with Crippen LogP contribution in [0.1, 0.15) is 19.5 Å². The minimum atomic E-state index is 0.201. The molecule has 6 nitrogen and oxygen atoms in total. The van der Waals surface area contributed by atoms with Crippen LogP contribution in [0.25, 0.3) is 22.0 Å². The van der Waals surface area contributed by atoms with Crippen molar-refractivity contribution in [1.82, 2.24) is 10.2 Å². The van der Waals surface area contributed by atoms with Crippen LogP contribution < -0.4 is 10.2 Å². The quantitative estimate of drug-likeness (QED) is 0.749. The Kier molecular flexibility index (Phi) is 5.09. The molecule has 2 heterocycles. The number of benzene rings is 2. The predicted molar refractivity (Wildman–Crippen MR) is 111 cm³/mol. The van der Waals surface area contributed by atoms with Crippen molar-refractivity contribution in [3.8, 4) is 17.2 Å². The second-order valence-corrected chi connectivity index (χ2v) is 7.21. The Hall–Kier alpha value is -3.17. The molecule has 0 amide bonds. The van der Waals surface area contributed by atoms with Gasteiger partial charge in [0, 0.05) is 30.2 Å². The van der Waals surface area contributed by atoms with Crippen LogP contribution in [-0.2, 0) is 4.74 Å². The number of hydrogen-bond donors (Lipinski definition) is 1. The number of aromatic nitrogens is 2. The Balaban J connectivity index is 1.67. The van der Waals surface area contributed by atoms with Crippen molar-refractivity contribution in [3.05, 3.63) is 48.2 Å². The molecule has 0 aliphatic carbocycles. The van der Waals surface area contributed by atoms with Gasteiger partial charge in [0.25, 0.3) is 0 Å². The highest BCUT2D eigenvalue weighted by Crippen LogP contribution is 2.30. The maximum absolute atomic E-state index is 9.35. The molecule has 4 rings (SSSR count). The SMILES string of the molecule is CC(C)Nc1c(C#N)nnc2cc(-c3ccc(N4CCOCC4)cc3)ccc12. The first kappa shape index (κ1) is 18.2. The van der Waals surface area contributed by atoms with Crippen LogP contribution in [0.2, 0.25) is 0 Å². The topological polar surface area (TPSA) is 74.1 Å². The van der Waals surface area contributed by atoms with E-state index in [0.29, 0.717) is 5.69 Å². The normalized spacial score (nSPS) is 14.3. The van der Waals surface area contributed by atoms with E-state index in [9.17, 15) is 5.26 Å². The highest BCUT2D eigenvalue weighted by molar-refractivity contribution is 5.95. The molecule has 1 N–H and O–H groups in total.